The second-order valence-electron chi connectivity index (χ2n) is 8.43. The number of hydrogen-bond donors (Lipinski definition) is 2. The topological polar surface area (TPSA) is 99.8 Å². The number of guanidine groups is 1. The highest BCUT2D eigenvalue weighted by molar-refractivity contribution is 14.0. The average Bonchev–Trinajstić information content (AvgIpc) is 3.59. The van der Waals surface area contributed by atoms with E-state index in [1.54, 1.807) is 6.20 Å². The van der Waals surface area contributed by atoms with E-state index < -0.39 is 0 Å². The number of nitrogens with one attached hydrogen (secondary N) is 2. The number of carbonyl (C=O) groups is 2. The lowest BCUT2D eigenvalue weighted by Crippen LogP contribution is -2.43. The van der Waals surface area contributed by atoms with Gasteiger partial charge >= 0.3 is 0 Å². The first kappa shape index (κ1) is 23.5. The number of nitrogens with zero attached hydrogens (tertiary/aromatic N) is 3. The van der Waals surface area contributed by atoms with Gasteiger partial charge in [-0.1, -0.05) is 42.5 Å². The normalized spacial score (nSPS) is 25.4. The van der Waals surface area contributed by atoms with Crippen LogP contribution in [0.4, 0.5) is 0 Å². The first-order valence-electron chi connectivity index (χ1n) is 11.2. The predicted octanol–water partition coefficient (Wildman–Crippen LogP) is 2.82. The van der Waals surface area contributed by atoms with Crippen molar-refractivity contribution in [1.29, 1.82) is 0 Å². The molecule has 0 spiro atoms. The molecule has 2 aliphatic carbocycles. The van der Waals surface area contributed by atoms with Crippen molar-refractivity contribution in [3.63, 3.8) is 0 Å². The third kappa shape index (κ3) is 4.55. The Morgan fingerprint density at radius 1 is 1.12 bits per heavy atom. The molecule has 4 unspecified atom stereocenters. The average molecular weight is 561 g/mol. The lowest BCUT2D eigenvalue weighted by molar-refractivity contribution is -0.140. The Hall–Kier alpha value is -2.69. The van der Waals surface area contributed by atoms with Crippen LogP contribution in [-0.4, -0.2) is 47.3 Å². The first-order chi connectivity index (χ1) is 15.7. The van der Waals surface area contributed by atoms with Gasteiger partial charge in [-0.15, -0.1) is 24.0 Å². The van der Waals surface area contributed by atoms with Crippen LogP contribution < -0.4 is 10.6 Å². The molecule has 2 heterocycles. The summed E-state index contributed by atoms with van der Waals surface area (Å²) in [5.41, 5.74) is 0.966. The van der Waals surface area contributed by atoms with Crippen LogP contribution in [0.3, 0.4) is 0 Å². The van der Waals surface area contributed by atoms with Gasteiger partial charge in [0.05, 0.1) is 18.0 Å². The van der Waals surface area contributed by atoms with E-state index in [0.29, 0.717) is 37.2 Å². The monoisotopic (exact) mass is 561 g/mol. The zero-order valence-corrected chi connectivity index (χ0v) is 20.8. The number of carbonyl (C=O) groups excluding carboxylic acids is 2. The van der Waals surface area contributed by atoms with Gasteiger partial charge in [-0.2, -0.15) is 0 Å². The number of amides is 2. The van der Waals surface area contributed by atoms with Crippen molar-refractivity contribution in [2.24, 2.45) is 28.7 Å². The summed E-state index contributed by atoms with van der Waals surface area (Å²) in [7, 11) is 0. The molecular weight excluding hydrogens is 533 g/mol. The highest BCUT2D eigenvalue weighted by atomic mass is 127. The number of imide groups is 1. The van der Waals surface area contributed by atoms with E-state index in [1.807, 2.05) is 37.3 Å². The van der Waals surface area contributed by atoms with Gasteiger partial charge in [-0.3, -0.25) is 14.5 Å². The molecular formula is C24H28IN5O3. The van der Waals surface area contributed by atoms with Crippen LogP contribution in [-0.2, 0) is 16.1 Å². The van der Waals surface area contributed by atoms with Crippen molar-refractivity contribution in [3.05, 3.63) is 54.6 Å². The molecule has 2 amide bonds. The first-order valence-corrected chi connectivity index (χ1v) is 11.2. The molecule has 3 aliphatic rings. The number of benzene rings is 1. The van der Waals surface area contributed by atoms with Crippen molar-refractivity contribution in [1.82, 2.24) is 20.5 Å². The molecule has 1 saturated heterocycles. The van der Waals surface area contributed by atoms with Crippen molar-refractivity contribution in [3.8, 4) is 11.3 Å². The van der Waals surface area contributed by atoms with E-state index in [0.717, 1.165) is 12.0 Å². The van der Waals surface area contributed by atoms with Gasteiger partial charge < -0.3 is 15.1 Å². The fraction of sp³-hybridized carbons (Fsp3) is 0.417. The number of halogens is 1. The summed E-state index contributed by atoms with van der Waals surface area (Å²) in [5.74, 6) is 1.94. The number of hydrogen-bond acceptors (Lipinski definition) is 5. The van der Waals surface area contributed by atoms with E-state index in [4.69, 9.17) is 4.42 Å². The summed E-state index contributed by atoms with van der Waals surface area (Å²) < 4.78 is 5.80. The molecule has 1 aliphatic heterocycles. The Labute approximate surface area is 209 Å². The number of rotatable bonds is 7. The number of fused-ring (bicyclic) bond motifs is 5. The minimum Gasteiger partial charge on any atom is -0.439 e. The van der Waals surface area contributed by atoms with Crippen LogP contribution in [0.1, 0.15) is 19.2 Å². The molecule has 0 radical (unpaired) electrons. The molecule has 1 aromatic carbocycles. The summed E-state index contributed by atoms with van der Waals surface area (Å²) >= 11 is 0. The summed E-state index contributed by atoms with van der Waals surface area (Å²) in [5, 5.41) is 6.38. The number of aliphatic imine (C=N–C) groups is 1. The van der Waals surface area contributed by atoms with Crippen molar-refractivity contribution < 1.29 is 14.0 Å². The Morgan fingerprint density at radius 2 is 1.82 bits per heavy atom. The molecule has 2 bridgehead atoms. The smallest absolute Gasteiger partial charge is 0.233 e. The fourth-order valence-electron chi connectivity index (χ4n) is 5.08. The Kier molecular flexibility index (Phi) is 7.16. The molecule has 2 aromatic rings. The number of allylic oxidation sites excluding steroid dienone is 2. The highest BCUT2D eigenvalue weighted by Gasteiger charge is 2.58. The molecule has 8 nitrogen and oxygen atoms in total. The van der Waals surface area contributed by atoms with Gasteiger partial charge in [0, 0.05) is 25.2 Å². The number of oxazole rings is 1. The second kappa shape index (κ2) is 10.1. The maximum absolute atomic E-state index is 12.8. The van der Waals surface area contributed by atoms with E-state index in [1.165, 1.54) is 4.90 Å². The number of aromatic nitrogens is 1. The predicted molar refractivity (Wildman–Crippen MR) is 135 cm³/mol. The molecule has 33 heavy (non-hydrogen) atoms. The maximum atomic E-state index is 12.8. The Morgan fingerprint density at radius 3 is 2.48 bits per heavy atom. The standard InChI is InChI=1S/C24H27N5O3.HI/c1-2-25-24(28-14-19-27-13-18(32-19)15-6-4-3-5-7-15)26-10-11-29-22(30)20-16-8-9-17(12-16)21(20)23(29)31;/h3-9,13,16-17,20-21H,2,10-12,14H2,1H3,(H2,25,26,28);1H. The largest absolute Gasteiger partial charge is 0.439 e. The van der Waals surface area contributed by atoms with E-state index in [9.17, 15) is 9.59 Å². The summed E-state index contributed by atoms with van der Waals surface area (Å²) in [6.07, 6.45) is 6.87. The highest BCUT2D eigenvalue weighted by Crippen LogP contribution is 2.52. The van der Waals surface area contributed by atoms with Crippen LogP contribution in [0.15, 0.2) is 58.1 Å². The van der Waals surface area contributed by atoms with Crippen LogP contribution in [0.2, 0.25) is 0 Å². The van der Waals surface area contributed by atoms with Crippen LogP contribution in [0, 0.1) is 23.7 Å². The van der Waals surface area contributed by atoms with Crippen molar-refractivity contribution >= 4 is 41.8 Å². The SMILES string of the molecule is CCNC(=NCc1ncc(-c2ccccc2)o1)NCCN1C(=O)C2C3C=CC(C3)C2C1=O.I. The van der Waals surface area contributed by atoms with E-state index in [-0.39, 0.29) is 66.0 Å². The maximum Gasteiger partial charge on any atom is 0.233 e. The molecule has 1 aromatic heterocycles. The van der Waals surface area contributed by atoms with Gasteiger partial charge in [0.15, 0.2) is 11.7 Å². The Bertz CT molecular complexity index is 1040. The van der Waals surface area contributed by atoms with Gasteiger partial charge in [0.25, 0.3) is 0 Å². The minimum atomic E-state index is -0.150. The van der Waals surface area contributed by atoms with E-state index in [2.05, 4.69) is 32.8 Å². The van der Waals surface area contributed by atoms with Crippen LogP contribution in [0.25, 0.3) is 11.3 Å². The molecule has 2 N–H and O–H groups in total. The molecule has 2 fully saturated rings. The van der Waals surface area contributed by atoms with Crippen LogP contribution >= 0.6 is 24.0 Å². The number of likely N-dealkylation sites (tertiary alicyclic amines) is 1. The summed E-state index contributed by atoms with van der Waals surface area (Å²) in [6, 6.07) is 9.79. The lowest BCUT2D eigenvalue weighted by atomic mass is 9.85. The Balaban J connectivity index is 0.00000259. The van der Waals surface area contributed by atoms with Crippen molar-refractivity contribution in [2.75, 3.05) is 19.6 Å². The van der Waals surface area contributed by atoms with Gasteiger partial charge in [0.2, 0.25) is 17.7 Å². The fourth-order valence-corrected chi connectivity index (χ4v) is 5.08. The zero-order valence-electron chi connectivity index (χ0n) is 18.4. The molecule has 1 saturated carbocycles. The van der Waals surface area contributed by atoms with Gasteiger partial charge in [-0.25, -0.2) is 9.98 Å². The summed E-state index contributed by atoms with van der Waals surface area (Å²) in [4.78, 5) is 35.9. The quantitative estimate of drug-likeness (QED) is 0.177. The lowest BCUT2D eigenvalue weighted by Gasteiger charge is -2.18. The third-order valence-corrected chi connectivity index (χ3v) is 6.52. The minimum absolute atomic E-state index is 0. The zero-order chi connectivity index (χ0) is 22.1. The molecule has 5 rings (SSSR count). The molecule has 4 atom stereocenters. The van der Waals surface area contributed by atoms with Gasteiger partial charge in [-0.05, 0) is 25.2 Å². The van der Waals surface area contributed by atoms with Crippen LogP contribution in [0.5, 0.6) is 0 Å². The second-order valence-corrected chi connectivity index (χ2v) is 8.43. The van der Waals surface area contributed by atoms with Crippen molar-refractivity contribution in [2.45, 2.75) is 19.9 Å². The molecule has 9 heteroatoms. The summed E-state index contributed by atoms with van der Waals surface area (Å²) in [6.45, 7) is 3.72. The third-order valence-electron chi connectivity index (χ3n) is 6.52. The van der Waals surface area contributed by atoms with Gasteiger partial charge in [0.1, 0.15) is 6.54 Å². The van der Waals surface area contributed by atoms with E-state index >= 15 is 0 Å². The molecule has 174 valence electrons.